The van der Waals surface area contributed by atoms with Gasteiger partial charge in [-0.05, 0) is 54.1 Å². The number of carbonyl (C=O) groups excluding carboxylic acids is 1. The van der Waals surface area contributed by atoms with Crippen LogP contribution in [0.4, 0.5) is 0 Å². The van der Waals surface area contributed by atoms with Crippen molar-refractivity contribution in [1.29, 1.82) is 0 Å². The first-order chi connectivity index (χ1) is 13.2. The van der Waals surface area contributed by atoms with Crippen LogP contribution >= 0.6 is 0 Å². The van der Waals surface area contributed by atoms with Crippen LogP contribution in [0.5, 0.6) is 23.0 Å². The number of ketones is 1. The molecule has 0 aliphatic heterocycles. The standard InChI is InChI=1S/C23H20O4/c1-25-22-15-11-18(16-23(22)26-2)21(24)14-10-17-8-12-20(13-9-17)27-19-6-4-3-5-7-19/h3-16H,1-2H3. The molecule has 0 spiro atoms. The van der Waals surface area contributed by atoms with Crippen molar-refractivity contribution in [3.05, 3.63) is 90.0 Å². The Morgan fingerprint density at radius 2 is 1.44 bits per heavy atom. The largest absolute Gasteiger partial charge is 0.493 e. The molecule has 4 heteroatoms. The van der Waals surface area contributed by atoms with Gasteiger partial charge in [-0.3, -0.25) is 4.79 Å². The summed E-state index contributed by atoms with van der Waals surface area (Å²) < 4.78 is 16.2. The molecule has 0 radical (unpaired) electrons. The molecule has 0 heterocycles. The molecule has 0 N–H and O–H groups in total. The topological polar surface area (TPSA) is 44.8 Å². The van der Waals surface area contributed by atoms with Crippen LogP contribution in [0.25, 0.3) is 6.08 Å². The minimum absolute atomic E-state index is 0.111. The van der Waals surface area contributed by atoms with Crippen molar-refractivity contribution in [3.63, 3.8) is 0 Å². The lowest BCUT2D eigenvalue weighted by Crippen LogP contribution is -1.97. The molecule has 136 valence electrons. The Morgan fingerprint density at radius 3 is 2.11 bits per heavy atom. The number of para-hydroxylation sites is 1. The predicted octanol–water partition coefficient (Wildman–Crippen LogP) is 5.39. The molecular formula is C23H20O4. The second kappa shape index (κ2) is 8.72. The van der Waals surface area contributed by atoms with Crippen LogP contribution in [0.1, 0.15) is 15.9 Å². The number of rotatable bonds is 7. The van der Waals surface area contributed by atoms with Crippen molar-refractivity contribution >= 4 is 11.9 Å². The summed E-state index contributed by atoms with van der Waals surface area (Å²) in [5.41, 5.74) is 1.44. The first kappa shape index (κ1) is 18.3. The highest BCUT2D eigenvalue weighted by Crippen LogP contribution is 2.28. The predicted molar refractivity (Wildman–Crippen MR) is 106 cm³/mol. The maximum Gasteiger partial charge on any atom is 0.185 e. The second-order valence-electron chi connectivity index (χ2n) is 5.75. The van der Waals surface area contributed by atoms with Crippen molar-refractivity contribution in [2.75, 3.05) is 14.2 Å². The average Bonchev–Trinajstić information content (AvgIpc) is 2.73. The number of allylic oxidation sites excluding steroid dienone is 1. The molecule has 0 amide bonds. The van der Waals surface area contributed by atoms with Gasteiger partial charge in [0, 0.05) is 5.56 Å². The van der Waals surface area contributed by atoms with Crippen molar-refractivity contribution in [2.24, 2.45) is 0 Å². The van der Waals surface area contributed by atoms with Crippen LogP contribution in [0, 0.1) is 0 Å². The van der Waals surface area contributed by atoms with Crippen LogP contribution in [-0.4, -0.2) is 20.0 Å². The normalized spacial score (nSPS) is 10.6. The summed E-state index contributed by atoms with van der Waals surface area (Å²) in [6.45, 7) is 0. The van der Waals surface area contributed by atoms with Gasteiger partial charge < -0.3 is 14.2 Å². The van der Waals surface area contributed by atoms with E-state index in [9.17, 15) is 4.79 Å². The fourth-order valence-corrected chi connectivity index (χ4v) is 2.53. The van der Waals surface area contributed by atoms with Gasteiger partial charge in [-0.2, -0.15) is 0 Å². The van der Waals surface area contributed by atoms with Gasteiger partial charge in [0.25, 0.3) is 0 Å². The third kappa shape index (κ3) is 4.76. The number of hydrogen-bond donors (Lipinski definition) is 0. The lowest BCUT2D eigenvalue weighted by atomic mass is 10.1. The first-order valence-corrected chi connectivity index (χ1v) is 8.47. The van der Waals surface area contributed by atoms with Gasteiger partial charge in [-0.15, -0.1) is 0 Å². The Bertz CT molecular complexity index is 928. The minimum Gasteiger partial charge on any atom is -0.493 e. The molecule has 0 saturated carbocycles. The second-order valence-corrected chi connectivity index (χ2v) is 5.75. The molecule has 3 aromatic rings. The highest BCUT2D eigenvalue weighted by atomic mass is 16.5. The maximum atomic E-state index is 12.4. The zero-order chi connectivity index (χ0) is 19.1. The van der Waals surface area contributed by atoms with Crippen LogP contribution in [0.3, 0.4) is 0 Å². The van der Waals surface area contributed by atoms with Gasteiger partial charge in [0.05, 0.1) is 14.2 Å². The number of methoxy groups -OCH3 is 2. The fourth-order valence-electron chi connectivity index (χ4n) is 2.53. The Kier molecular flexibility index (Phi) is 5.90. The molecule has 3 rings (SSSR count). The SMILES string of the molecule is COc1ccc(C(=O)C=Cc2ccc(Oc3ccccc3)cc2)cc1OC. The van der Waals surface area contributed by atoms with Crippen LogP contribution in [-0.2, 0) is 0 Å². The summed E-state index contributed by atoms with van der Waals surface area (Å²) in [5, 5.41) is 0. The van der Waals surface area contributed by atoms with E-state index in [1.54, 1.807) is 38.5 Å². The smallest absolute Gasteiger partial charge is 0.185 e. The van der Waals surface area contributed by atoms with Gasteiger partial charge in [0.15, 0.2) is 17.3 Å². The molecule has 4 nitrogen and oxygen atoms in total. The third-order valence-electron chi connectivity index (χ3n) is 3.95. The molecule has 0 atom stereocenters. The summed E-state index contributed by atoms with van der Waals surface area (Å²) in [6, 6.07) is 22.2. The van der Waals surface area contributed by atoms with E-state index in [1.807, 2.05) is 54.6 Å². The number of hydrogen-bond acceptors (Lipinski definition) is 4. The molecule has 0 aliphatic carbocycles. The van der Waals surface area contributed by atoms with Crippen molar-refractivity contribution in [3.8, 4) is 23.0 Å². The summed E-state index contributed by atoms with van der Waals surface area (Å²) in [5.74, 6) is 2.53. The molecule has 0 bridgehead atoms. The number of carbonyl (C=O) groups is 1. The number of benzene rings is 3. The van der Waals surface area contributed by atoms with E-state index in [0.717, 1.165) is 17.1 Å². The zero-order valence-corrected chi connectivity index (χ0v) is 15.2. The molecule has 0 fully saturated rings. The quantitative estimate of drug-likeness (QED) is 0.418. The Hall–Kier alpha value is -3.53. The first-order valence-electron chi connectivity index (χ1n) is 8.47. The van der Waals surface area contributed by atoms with E-state index < -0.39 is 0 Å². The minimum atomic E-state index is -0.111. The van der Waals surface area contributed by atoms with E-state index in [1.165, 1.54) is 6.08 Å². The molecular weight excluding hydrogens is 340 g/mol. The summed E-state index contributed by atoms with van der Waals surface area (Å²) >= 11 is 0. The van der Waals surface area contributed by atoms with Gasteiger partial charge in [0.2, 0.25) is 0 Å². The van der Waals surface area contributed by atoms with Crippen LogP contribution in [0.2, 0.25) is 0 Å². The Labute approximate surface area is 158 Å². The molecule has 0 saturated heterocycles. The molecule has 27 heavy (non-hydrogen) atoms. The van der Waals surface area contributed by atoms with E-state index >= 15 is 0 Å². The Balaban J connectivity index is 1.67. The Morgan fingerprint density at radius 1 is 0.778 bits per heavy atom. The van der Waals surface area contributed by atoms with Gasteiger partial charge in [-0.1, -0.05) is 36.4 Å². The van der Waals surface area contributed by atoms with Gasteiger partial charge >= 0.3 is 0 Å². The molecule has 0 aromatic heterocycles. The van der Waals surface area contributed by atoms with Gasteiger partial charge in [0.1, 0.15) is 11.5 Å². The van der Waals surface area contributed by atoms with E-state index in [0.29, 0.717) is 17.1 Å². The molecule has 0 unspecified atom stereocenters. The maximum absolute atomic E-state index is 12.4. The van der Waals surface area contributed by atoms with Crippen LogP contribution in [0.15, 0.2) is 78.9 Å². The summed E-state index contributed by atoms with van der Waals surface area (Å²) in [6.07, 6.45) is 3.31. The van der Waals surface area contributed by atoms with E-state index in [-0.39, 0.29) is 5.78 Å². The van der Waals surface area contributed by atoms with Crippen molar-refractivity contribution < 1.29 is 19.0 Å². The highest BCUT2D eigenvalue weighted by Gasteiger charge is 2.08. The van der Waals surface area contributed by atoms with Crippen molar-refractivity contribution in [1.82, 2.24) is 0 Å². The molecule has 3 aromatic carbocycles. The van der Waals surface area contributed by atoms with E-state index in [4.69, 9.17) is 14.2 Å². The summed E-state index contributed by atoms with van der Waals surface area (Å²) in [4.78, 5) is 12.4. The lowest BCUT2D eigenvalue weighted by Gasteiger charge is -2.08. The van der Waals surface area contributed by atoms with Gasteiger partial charge in [-0.25, -0.2) is 0 Å². The number of ether oxygens (including phenoxy) is 3. The summed E-state index contributed by atoms with van der Waals surface area (Å²) in [7, 11) is 3.10. The highest BCUT2D eigenvalue weighted by molar-refractivity contribution is 6.07. The lowest BCUT2D eigenvalue weighted by molar-refractivity contribution is 0.104. The van der Waals surface area contributed by atoms with E-state index in [2.05, 4.69) is 0 Å². The fraction of sp³-hybridized carbons (Fsp3) is 0.0870. The van der Waals surface area contributed by atoms with Crippen molar-refractivity contribution in [2.45, 2.75) is 0 Å². The third-order valence-corrected chi connectivity index (χ3v) is 3.95. The molecule has 0 aliphatic rings. The zero-order valence-electron chi connectivity index (χ0n) is 15.2. The average molecular weight is 360 g/mol. The van der Waals surface area contributed by atoms with Crippen LogP contribution < -0.4 is 14.2 Å². The monoisotopic (exact) mass is 360 g/mol.